The molecule has 1 aliphatic rings. The summed E-state index contributed by atoms with van der Waals surface area (Å²) in [5, 5.41) is 0. The van der Waals surface area contributed by atoms with E-state index in [4.69, 9.17) is 9.47 Å². The molecular weight excluding hydrogens is 481 g/mol. The summed E-state index contributed by atoms with van der Waals surface area (Å²) in [6, 6.07) is 30.9. The highest BCUT2D eigenvalue weighted by atomic mass is 32.3. The minimum atomic E-state index is -0.829. The van der Waals surface area contributed by atoms with Gasteiger partial charge in [-0.25, -0.2) is 0 Å². The van der Waals surface area contributed by atoms with Crippen LogP contribution < -0.4 is 0 Å². The molecule has 3 aromatic rings. The van der Waals surface area contributed by atoms with Gasteiger partial charge in [-0.15, -0.1) is 35.3 Å². The van der Waals surface area contributed by atoms with Crippen molar-refractivity contribution in [2.75, 3.05) is 25.4 Å². The van der Waals surface area contributed by atoms with Crippen molar-refractivity contribution in [3.8, 4) is 0 Å². The van der Waals surface area contributed by atoms with Gasteiger partial charge in [0.2, 0.25) is 0 Å². The molecular formula is C28H30O3S3. The molecule has 0 bridgehead atoms. The molecule has 3 nitrogen and oxygen atoms in total. The second-order valence-electron chi connectivity index (χ2n) is 8.15. The van der Waals surface area contributed by atoms with E-state index in [1.807, 2.05) is 54.6 Å². The summed E-state index contributed by atoms with van der Waals surface area (Å²) < 4.78 is 12.7. The predicted molar refractivity (Wildman–Crippen MR) is 146 cm³/mol. The Kier molecular flexibility index (Phi) is 8.35. The first kappa shape index (κ1) is 25.2. The fraction of sp³-hybridized carbons (Fsp3) is 0.321. The lowest BCUT2D eigenvalue weighted by Crippen LogP contribution is -2.40. The Labute approximate surface area is 215 Å². The average molecular weight is 511 g/mol. The number of ether oxygens (including phenoxy) is 2. The molecule has 1 saturated heterocycles. The summed E-state index contributed by atoms with van der Waals surface area (Å²) in [4.78, 5) is 12.5. The molecule has 0 unspecified atom stereocenters. The molecule has 3 aromatic carbocycles. The molecule has 0 aliphatic carbocycles. The Bertz CT molecular complexity index is 951. The lowest BCUT2D eigenvalue weighted by molar-refractivity contribution is -0.145. The summed E-state index contributed by atoms with van der Waals surface area (Å²) in [5.41, 5.74) is 2.29. The van der Waals surface area contributed by atoms with Crippen LogP contribution in [-0.4, -0.2) is 40.9 Å². The molecule has 0 aromatic heterocycles. The van der Waals surface area contributed by atoms with Crippen LogP contribution in [-0.2, 0) is 19.9 Å². The largest absolute Gasteiger partial charge is 0.459 e. The van der Waals surface area contributed by atoms with E-state index in [9.17, 15) is 4.79 Å². The summed E-state index contributed by atoms with van der Waals surface area (Å²) in [7, 11) is 0. The van der Waals surface area contributed by atoms with Crippen LogP contribution in [0, 0.1) is 5.92 Å². The van der Waals surface area contributed by atoms with Gasteiger partial charge < -0.3 is 9.47 Å². The number of hydrogen-bond acceptors (Lipinski definition) is 6. The standard InChI is InChI=1S/C28H30O3S3/c1-32-28(33-2,34-3)24-19-26(29)31-25(24)20-30-27(21-13-7-4-8-14-21,22-15-9-5-10-16-22)23-17-11-6-12-18-23/h4-18,24-25H,19-20H2,1-3H3/t24-,25+/m0/s1. The number of carbonyl (C=O) groups excluding carboxylic acids is 1. The number of rotatable bonds is 10. The predicted octanol–water partition coefficient (Wildman–Crippen LogP) is 6.67. The molecule has 2 atom stereocenters. The third kappa shape index (κ3) is 4.78. The molecule has 0 amide bonds. The monoisotopic (exact) mass is 510 g/mol. The SMILES string of the molecule is CSC(SC)(SC)[C@H]1CC(=O)O[C@@H]1COC(c1ccccc1)(c1ccccc1)c1ccccc1. The van der Waals surface area contributed by atoms with E-state index in [2.05, 4.69) is 55.2 Å². The number of benzene rings is 3. The number of hydrogen-bond donors (Lipinski definition) is 0. The molecule has 1 heterocycles. The molecule has 1 fully saturated rings. The van der Waals surface area contributed by atoms with E-state index < -0.39 is 5.60 Å². The van der Waals surface area contributed by atoms with Crippen LogP contribution in [0.1, 0.15) is 23.1 Å². The number of cyclic esters (lactones) is 1. The molecule has 0 saturated carbocycles. The Balaban J connectivity index is 1.79. The van der Waals surface area contributed by atoms with Crippen molar-refractivity contribution < 1.29 is 14.3 Å². The second-order valence-corrected chi connectivity index (χ2v) is 12.1. The first-order valence-electron chi connectivity index (χ1n) is 11.2. The minimum absolute atomic E-state index is 0.0417. The van der Waals surface area contributed by atoms with Crippen molar-refractivity contribution in [3.63, 3.8) is 0 Å². The van der Waals surface area contributed by atoms with Crippen LogP contribution in [0.3, 0.4) is 0 Å². The fourth-order valence-electron chi connectivity index (χ4n) is 4.79. The van der Waals surface area contributed by atoms with Gasteiger partial charge in [0.05, 0.1) is 13.0 Å². The Morgan fingerprint density at radius 1 is 0.765 bits per heavy atom. The molecule has 1 aliphatic heterocycles. The van der Waals surface area contributed by atoms with Crippen LogP contribution in [0.5, 0.6) is 0 Å². The average Bonchev–Trinajstić information content (AvgIpc) is 3.28. The summed E-state index contributed by atoms with van der Waals surface area (Å²) >= 11 is 5.34. The smallest absolute Gasteiger partial charge is 0.306 e. The number of carbonyl (C=O) groups is 1. The normalized spacial score (nSPS) is 18.6. The van der Waals surface area contributed by atoms with Crippen LogP contribution >= 0.6 is 35.3 Å². The molecule has 0 radical (unpaired) electrons. The lowest BCUT2D eigenvalue weighted by atomic mass is 9.80. The highest BCUT2D eigenvalue weighted by Crippen LogP contribution is 2.54. The van der Waals surface area contributed by atoms with Crippen molar-refractivity contribution in [2.45, 2.75) is 21.5 Å². The van der Waals surface area contributed by atoms with Crippen LogP contribution in [0.2, 0.25) is 0 Å². The van der Waals surface area contributed by atoms with Gasteiger partial charge >= 0.3 is 5.97 Å². The van der Waals surface area contributed by atoms with Crippen LogP contribution in [0.4, 0.5) is 0 Å². The van der Waals surface area contributed by atoms with Crippen molar-refractivity contribution in [3.05, 3.63) is 108 Å². The third-order valence-corrected chi connectivity index (χ3v) is 12.0. The summed E-state index contributed by atoms with van der Waals surface area (Å²) in [5.74, 6) is -0.107. The van der Waals surface area contributed by atoms with Gasteiger partial charge in [0, 0.05) is 5.92 Å². The first-order valence-corrected chi connectivity index (χ1v) is 14.9. The fourth-order valence-corrected chi connectivity index (χ4v) is 8.41. The van der Waals surface area contributed by atoms with E-state index in [0.717, 1.165) is 16.7 Å². The van der Waals surface area contributed by atoms with Gasteiger partial charge in [-0.1, -0.05) is 91.0 Å². The van der Waals surface area contributed by atoms with E-state index in [1.54, 1.807) is 35.3 Å². The summed E-state index contributed by atoms with van der Waals surface area (Å²) in [6.07, 6.45) is 6.41. The van der Waals surface area contributed by atoms with E-state index in [-0.39, 0.29) is 21.4 Å². The molecule has 0 spiro atoms. The zero-order chi connectivity index (χ0) is 24.0. The molecule has 178 valence electrons. The number of thioether (sulfide) groups is 3. The molecule has 34 heavy (non-hydrogen) atoms. The molecule has 0 N–H and O–H groups in total. The maximum atomic E-state index is 12.5. The Hall–Kier alpha value is -1.86. The van der Waals surface area contributed by atoms with Gasteiger partial charge in [0.1, 0.15) is 15.1 Å². The van der Waals surface area contributed by atoms with Gasteiger partial charge in [0.25, 0.3) is 0 Å². The van der Waals surface area contributed by atoms with E-state index >= 15 is 0 Å². The van der Waals surface area contributed by atoms with Crippen molar-refractivity contribution in [2.24, 2.45) is 5.92 Å². The Morgan fingerprint density at radius 2 is 1.18 bits per heavy atom. The maximum absolute atomic E-state index is 12.5. The summed E-state index contributed by atoms with van der Waals surface area (Å²) in [6.45, 7) is 0.304. The van der Waals surface area contributed by atoms with Gasteiger partial charge in [0.15, 0.2) is 0 Å². The molecule has 4 rings (SSSR count). The zero-order valence-electron chi connectivity index (χ0n) is 19.7. The first-order chi connectivity index (χ1) is 16.6. The lowest BCUT2D eigenvalue weighted by Gasteiger charge is -2.39. The highest BCUT2D eigenvalue weighted by Gasteiger charge is 2.50. The Morgan fingerprint density at radius 3 is 1.56 bits per heavy atom. The maximum Gasteiger partial charge on any atom is 0.306 e. The van der Waals surface area contributed by atoms with E-state index in [1.165, 1.54) is 0 Å². The number of esters is 1. The van der Waals surface area contributed by atoms with Crippen molar-refractivity contribution in [1.82, 2.24) is 0 Å². The highest BCUT2D eigenvalue weighted by molar-refractivity contribution is 8.33. The zero-order valence-corrected chi connectivity index (χ0v) is 22.1. The molecule has 6 heteroatoms. The van der Waals surface area contributed by atoms with Crippen LogP contribution in [0.25, 0.3) is 0 Å². The topological polar surface area (TPSA) is 35.5 Å². The second kappa shape index (κ2) is 11.3. The third-order valence-electron chi connectivity index (χ3n) is 6.43. The van der Waals surface area contributed by atoms with Crippen molar-refractivity contribution >= 4 is 41.3 Å². The minimum Gasteiger partial charge on any atom is -0.459 e. The van der Waals surface area contributed by atoms with Gasteiger partial charge in [-0.2, -0.15) is 0 Å². The van der Waals surface area contributed by atoms with Crippen LogP contribution in [0.15, 0.2) is 91.0 Å². The van der Waals surface area contributed by atoms with Gasteiger partial charge in [-0.3, -0.25) is 4.79 Å². The van der Waals surface area contributed by atoms with Gasteiger partial charge in [-0.05, 0) is 35.5 Å². The van der Waals surface area contributed by atoms with E-state index in [0.29, 0.717) is 13.0 Å². The van der Waals surface area contributed by atoms with Crippen molar-refractivity contribution in [1.29, 1.82) is 0 Å². The quantitative estimate of drug-likeness (QED) is 0.172.